The Balaban J connectivity index is 2.16. The summed E-state index contributed by atoms with van der Waals surface area (Å²) in [5.74, 6) is 2.21. The Morgan fingerprint density at radius 1 is 1.20 bits per heavy atom. The van der Waals surface area contributed by atoms with Gasteiger partial charge in [0, 0.05) is 21.5 Å². The maximum atomic E-state index is 6.07. The van der Waals surface area contributed by atoms with Gasteiger partial charge < -0.3 is 14.2 Å². The summed E-state index contributed by atoms with van der Waals surface area (Å²) in [6.07, 6.45) is 1.04. The number of hydrogen-bond acceptors (Lipinski definition) is 3. The topological polar surface area (TPSA) is 27.7 Å². The SMILES string of the molecule is CC(C)CCO[C@@H](c1cc2c(cc1Br)OCO2)[C@H](C)Br. The molecule has 0 spiro atoms. The molecule has 0 aliphatic carbocycles. The second kappa shape index (κ2) is 7.14. The van der Waals surface area contributed by atoms with Crippen molar-refractivity contribution < 1.29 is 14.2 Å². The molecule has 1 aliphatic rings. The second-order valence-corrected chi connectivity index (χ2v) is 7.68. The number of ether oxygens (including phenoxy) is 3. The predicted molar refractivity (Wildman–Crippen MR) is 86.8 cm³/mol. The summed E-state index contributed by atoms with van der Waals surface area (Å²) >= 11 is 7.24. The lowest BCUT2D eigenvalue weighted by molar-refractivity contribution is 0.0475. The average molecular weight is 408 g/mol. The number of halogens is 2. The van der Waals surface area contributed by atoms with Crippen LogP contribution in [0.1, 0.15) is 38.9 Å². The second-order valence-electron chi connectivity index (χ2n) is 5.38. The molecule has 2 atom stereocenters. The molecule has 5 heteroatoms. The molecule has 0 saturated carbocycles. The van der Waals surface area contributed by atoms with Crippen LogP contribution < -0.4 is 9.47 Å². The van der Waals surface area contributed by atoms with Crippen molar-refractivity contribution in [3.05, 3.63) is 22.2 Å². The fourth-order valence-electron chi connectivity index (χ4n) is 2.05. The fraction of sp³-hybridized carbons (Fsp3) is 0.600. The van der Waals surface area contributed by atoms with E-state index in [4.69, 9.17) is 14.2 Å². The van der Waals surface area contributed by atoms with Crippen LogP contribution in [0.3, 0.4) is 0 Å². The van der Waals surface area contributed by atoms with Gasteiger partial charge in [-0.1, -0.05) is 45.7 Å². The maximum Gasteiger partial charge on any atom is 0.231 e. The fourth-order valence-corrected chi connectivity index (χ4v) is 3.04. The third kappa shape index (κ3) is 3.89. The molecule has 1 aromatic carbocycles. The van der Waals surface area contributed by atoms with E-state index in [-0.39, 0.29) is 17.7 Å². The van der Waals surface area contributed by atoms with Crippen LogP contribution in [0.15, 0.2) is 16.6 Å². The van der Waals surface area contributed by atoms with Gasteiger partial charge in [-0.15, -0.1) is 0 Å². The molecule has 0 aromatic heterocycles. The van der Waals surface area contributed by atoms with Crippen molar-refractivity contribution in [1.29, 1.82) is 0 Å². The van der Waals surface area contributed by atoms with Crippen LogP contribution in [0.4, 0.5) is 0 Å². The van der Waals surface area contributed by atoms with Crippen molar-refractivity contribution in [1.82, 2.24) is 0 Å². The minimum atomic E-state index is -0.0161. The average Bonchev–Trinajstić information content (AvgIpc) is 2.80. The van der Waals surface area contributed by atoms with E-state index in [1.165, 1.54) is 0 Å². The van der Waals surface area contributed by atoms with Gasteiger partial charge >= 0.3 is 0 Å². The van der Waals surface area contributed by atoms with E-state index in [0.717, 1.165) is 34.6 Å². The van der Waals surface area contributed by atoms with Crippen LogP contribution in [-0.4, -0.2) is 18.2 Å². The molecular weight excluding hydrogens is 388 g/mol. The smallest absolute Gasteiger partial charge is 0.231 e. The lowest BCUT2D eigenvalue weighted by atomic mass is 10.1. The van der Waals surface area contributed by atoms with Gasteiger partial charge in [-0.2, -0.15) is 0 Å². The van der Waals surface area contributed by atoms with Gasteiger partial charge in [0.05, 0.1) is 6.10 Å². The summed E-state index contributed by atoms with van der Waals surface area (Å²) in [5, 5.41) is 0. The summed E-state index contributed by atoms with van der Waals surface area (Å²) in [7, 11) is 0. The molecular formula is C15H20Br2O3. The van der Waals surface area contributed by atoms with Crippen LogP contribution in [-0.2, 0) is 4.74 Å². The number of benzene rings is 1. The van der Waals surface area contributed by atoms with Gasteiger partial charge in [0.1, 0.15) is 0 Å². The maximum absolute atomic E-state index is 6.07. The van der Waals surface area contributed by atoms with Gasteiger partial charge in [0.25, 0.3) is 0 Å². The molecule has 0 amide bonds. The Morgan fingerprint density at radius 3 is 2.45 bits per heavy atom. The third-order valence-electron chi connectivity index (χ3n) is 3.21. The third-order valence-corrected chi connectivity index (χ3v) is 4.38. The van der Waals surface area contributed by atoms with Crippen LogP contribution >= 0.6 is 31.9 Å². The van der Waals surface area contributed by atoms with Crippen molar-refractivity contribution in [2.24, 2.45) is 5.92 Å². The van der Waals surface area contributed by atoms with E-state index in [1.54, 1.807) is 0 Å². The first-order chi connectivity index (χ1) is 9.49. The number of rotatable bonds is 6. The molecule has 0 N–H and O–H groups in total. The van der Waals surface area contributed by atoms with E-state index in [1.807, 2.05) is 12.1 Å². The first-order valence-corrected chi connectivity index (χ1v) is 8.54. The van der Waals surface area contributed by atoms with Gasteiger partial charge in [-0.05, 0) is 31.4 Å². The Kier molecular flexibility index (Phi) is 5.75. The Hall–Kier alpha value is -0.260. The van der Waals surface area contributed by atoms with E-state index in [0.29, 0.717) is 5.92 Å². The Bertz CT molecular complexity index is 461. The molecule has 20 heavy (non-hydrogen) atoms. The van der Waals surface area contributed by atoms with Crippen molar-refractivity contribution in [3.63, 3.8) is 0 Å². The summed E-state index contributed by atoms with van der Waals surface area (Å²) in [4.78, 5) is 0.214. The van der Waals surface area contributed by atoms with Crippen LogP contribution in [0, 0.1) is 5.92 Å². The summed E-state index contributed by atoms with van der Waals surface area (Å²) in [6, 6.07) is 3.95. The number of alkyl halides is 1. The standard InChI is InChI=1S/C15H20Br2O3/c1-9(2)4-5-18-15(10(3)16)11-6-13-14(7-12(11)17)20-8-19-13/h6-7,9-10,15H,4-5,8H2,1-3H3/t10-,15+/m0/s1. The quantitative estimate of drug-likeness (QED) is 0.616. The molecule has 112 valence electrons. The summed E-state index contributed by atoms with van der Waals surface area (Å²) in [5.41, 5.74) is 1.09. The first-order valence-electron chi connectivity index (χ1n) is 6.83. The van der Waals surface area contributed by atoms with Crippen LogP contribution in [0.5, 0.6) is 11.5 Å². The Labute approximate surface area is 137 Å². The highest BCUT2D eigenvalue weighted by Crippen LogP contribution is 2.41. The largest absolute Gasteiger partial charge is 0.454 e. The molecule has 2 rings (SSSR count). The predicted octanol–water partition coefficient (Wildman–Crippen LogP) is 5.07. The molecule has 1 aromatic rings. The summed E-state index contributed by atoms with van der Waals surface area (Å²) in [6.45, 7) is 7.53. The van der Waals surface area contributed by atoms with Gasteiger partial charge in [-0.3, -0.25) is 0 Å². The molecule has 0 unspecified atom stereocenters. The van der Waals surface area contributed by atoms with E-state index in [2.05, 4.69) is 52.6 Å². The van der Waals surface area contributed by atoms with Crippen molar-refractivity contribution in [2.75, 3.05) is 13.4 Å². The Morgan fingerprint density at radius 2 is 1.85 bits per heavy atom. The zero-order valence-corrected chi connectivity index (χ0v) is 15.2. The van der Waals surface area contributed by atoms with E-state index < -0.39 is 0 Å². The molecule has 1 heterocycles. The molecule has 3 nitrogen and oxygen atoms in total. The molecule has 1 aliphatic heterocycles. The number of fused-ring (bicyclic) bond motifs is 1. The molecule has 0 bridgehead atoms. The van der Waals surface area contributed by atoms with Gasteiger partial charge in [0.2, 0.25) is 6.79 Å². The highest BCUT2D eigenvalue weighted by Gasteiger charge is 2.24. The molecule has 0 saturated heterocycles. The zero-order valence-electron chi connectivity index (χ0n) is 12.0. The number of hydrogen-bond donors (Lipinski definition) is 0. The molecule has 0 radical (unpaired) electrons. The van der Waals surface area contributed by atoms with E-state index >= 15 is 0 Å². The van der Waals surface area contributed by atoms with Crippen molar-refractivity contribution >= 4 is 31.9 Å². The lowest BCUT2D eigenvalue weighted by Gasteiger charge is -2.23. The van der Waals surface area contributed by atoms with Crippen LogP contribution in [0.2, 0.25) is 0 Å². The van der Waals surface area contributed by atoms with Crippen LogP contribution in [0.25, 0.3) is 0 Å². The normalized spacial score (nSPS) is 16.5. The molecule has 0 fully saturated rings. The highest BCUT2D eigenvalue weighted by atomic mass is 79.9. The van der Waals surface area contributed by atoms with Gasteiger partial charge in [0.15, 0.2) is 11.5 Å². The minimum Gasteiger partial charge on any atom is -0.454 e. The van der Waals surface area contributed by atoms with Gasteiger partial charge in [-0.25, -0.2) is 0 Å². The summed E-state index contributed by atoms with van der Waals surface area (Å²) < 4.78 is 17.9. The first kappa shape index (κ1) is 16.1. The monoisotopic (exact) mass is 406 g/mol. The van der Waals surface area contributed by atoms with E-state index in [9.17, 15) is 0 Å². The minimum absolute atomic E-state index is 0.0161. The van der Waals surface area contributed by atoms with Crippen molar-refractivity contribution in [2.45, 2.75) is 38.1 Å². The van der Waals surface area contributed by atoms with Crippen molar-refractivity contribution in [3.8, 4) is 11.5 Å². The highest BCUT2D eigenvalue weighted by molar-refractivity contribution is 9.10. The zero-order chi connectivity index (χ0) is 14.7. The lowest BCUT2D eigenvalue weighted by Crippen LogP contribution is -2.15.